The van der Waals surface area contributed by atoms with E-state index in [0.29, 0.717) is 0 Å². The van der Waals surface area contributed by atoms with Gasteiger partial charge in [0.1, 0.15) is 0 Å². The number of piperidine rings is 1. The lowest BCUT2D eigenvalue weighted by Gasteiger charge is -2.44. The SMILES string of the molecule is C1=CCC2=CC=CN(CCCCN3CCCC4CCCCC43)C2=C1. The molecular formula is C22H32N2. The molecule has 2 atom stereocenters. The van der Waals surface area contributed by atoms with Crippen LogP contribution in [0.1, 0.15) is 57.8 Å². The maximum atomic E-state index is 2.84. The highest BCUT2D eigenvalue weighted by Gasteiger charge is 2.32. The first-order valence-corrected chi connectivity index (χ1v) is 10.2. The lowest BCUT2D eigenvalue weighted by Crippen LogP contribution is -2.47. The summed E-state index contributed by atoms with van der Waals surface area (Å²) in [5.74, 6) is 1.02. The van der Waals surface area contributed by atoms with E-state index in [2.05, 4.69) is 46.4 Å². The molecule has 1 saturated heterocycles. The van der Waals surface area contributed by atoms with E-state index in [1.54, 1.807) is 0 Å². The summed E-state index contributed by atoms with van der Waals surface area (Å²) in [6.07, 6.45) is 26.0. The van der Waals surface area contributed by atoms with Gasteiger partial charge < -0.3 is 9.80 Å². The number of hydrogen-bond donors (Lipinski definition) is 0. The third-order valence-corrected chi connectivity index (χ3v) is 6.38. The summed E-state index contributed by atoms with van der Waals surface area (Å²) in [7, 11) is 0. The second kappa shape index (κ2) is 7.74. The van der Waals surface area contributed by atoms with Crippen LogP contribution in [0.3, 0.4) is 0 Å². The minimum atomic E-state index is 0.920. The molecule has 2 aliphatic heterocycles. The summed E-state index contributed by atoms with van der Waals surface area (Å²) in [6.45, 7) is 3.84. The third kappa shape index (κ3) is 3.54. The van der Waals surface area contributed by atoms with Crippen molar-refractivity contribution in [2.45, 2.75) is 63.8 Å². The molecule has 1 saturated carbocycles. The van der Waals surface area contributed by atoms with E-state index in [4.69, 9.17) is 0 Å². The topological polar surface area (TPSA) is 6.48 Å². The fourth-order valence-corrected chi connectivity index (χ4v) is 5.14. The molecule has 0 aromatic heterocycles. The molecule has 2 aliphatic carbocycles. The van der Waals surface area contributed by atoms with Gasteiger partial charge in [0.2, 0.25) is 0 Å². The van der Waals surface area contributed by atoms with Crippen molar-refractivity contribution in [2.24, 2.45) is 5.92 Å². The second-order valence-corrected chi connectivity index (χ2v) is 7.91. The maximum absolute atomic E-state index is 2.84. The van der Waals surface area contributed by atoms with Crippen molar-refractivity contribution in [3.63, 3.8) is 0 Å². The van der Waals surface area contributed by atoms with Gasteiger partial charge in [0.15, 0.2) is 0 Å². The van der Waals surface area contributed by atoms with Crippen LogP contribution < -0.4 is 0 Å². The van der Waals surface area contributed by atoms with Crippen molar-refractivity contribution in [1.29, 1.82) is 0 Å². The zero-order chi connectivity index (χ0) is 16.2. The summed E-state index contributed by atoms with van der Waals surface area (Å²) in [5.41, 5.74) is 2.89. The average molecular weight is 325 g/mol. The third-order valence-electron chi connectivity index (χ3n) is 6.38. The number of nitrogens with zero attached hydrogens (tertiary/aromatic N) is 2. The second-order valence-electron chi connectivity index (χ2n) is 7.91. The molecule has 2 nitrogen and oxygen atoms in total. The number of hydrogen-bond acceptors (Lipinski definition) is 2. The lowest BCUT2D eigenvalue weighted by molar-refractivity contribution is 0.0594. The molecule has 2 unspecified atom stereocenters. The maximum Gasteiger partial charge on any atom is 0.0441 e. The van der Waals surface area contributed by atoms with E-state index < -0.39 is 0 Å². The molecule has 24 heavy (non-hydrogen) atoms. The molecule has 0 spiro atoms. The number of allylic oxidation sites excluding steroid dienone is 6. The summed E-state index contributed by atoms with van der Waals surface area (Å²) in [5, 5.41) is 0. The fraction of sp³-hybridized carbons (Fsp3) is 0.636. The van der Waals surface area contributed by atoms with Gasteiger partial charge in [-0.2, -0.15) is 0 Å². The summed E-state index contributed by atoms with van der Waals surface area (Å²) in [4.78, 5) is 5.30. The highest BCUT2D eigenvalue weighted by molar-refractivity contribution is 5.43. The first-order chi connectivity index (χ1) is 11.9. The zero-order valence-electron chi connectivity index (χ0n) is 15.0. The average Bonchev–Trinajstić information content (AvgIpc) is 2.65. The minimum Gasteiger partial charge on any atom is -0.348 e. The smallest absolute Gasteiger partial charge is 0.0441 e. The Morgan fingerprint density at radius 3 is 2.79 bits per heavy atom. The van der Waals surface area contributed by atoms with Crippen molar-refractivity contribution < 1.29 is 0 Å². The van der Waals surface area contributed by atoms with Crippen LogP contribution in [0.4, 0.5) is 0 Å². The molecular weight excluding hydrogens is 292 g/mol. The Hall–Kier alpha value is -1.28. The Bertz CT molecular complexity index is 552. The largest absolute Gasteiger partial charge is 0.348 e. The minimum absolute atomic E-state index is 0.920. The molecule has 2 heterocycles. The van der Waals surface area contributed by atoms with Crippen LogP contribution in [0.2, 0.25) is 0 Å². The summed E-state index contributed by atoms with van der Waals surface area (Å²) in [6, 6.07) is 0.920. The van der Waals surface area contributed by atoms with Crippen molar-refractivity contribution in [3.8, 4) is 0 Å². The van der Waals surface area contributed by atoms with Gasteiger partial charge >= 0.3 is 0 Å². The van der Waals surface area contributed by atoms with Crippen LogP contribution in [0, 0.1) is 5.92 Å². The predicted octanol–water partition coefficient (Wildman–Crippen LogP) is 5.02. The number of fused-ring (bicyclic) bond motifs is 2. The molecule has 4 aliphatic rings. The van der Waals surface area contributed by atoms with E-state index in [9.17, 15) is 0 Å². The molecule has 0 amide bonds. The quantitative estimate of drug-likeness (QED) is 0.655. The predicted molar refractivity (Wildman–Crippen MR) is 102 cm³/mol. The van der Waals surface area contributed by atoms with E-state index in [1.165, 1.54) is 75.7 Å². The number of likely N-dealkylation sites (tertiary alicyclic amines) is 1. The van der Waals surface area contributed by atoms with Gasteiger partial charge in [0.25, 0.3) is 0 Å². The summed E-state index contributed by atoms with van der Waals surface area (Å²) < 4.78 is 0. The van der Waals surface area contributed by atoms with Gasteiger partial charge in [-0.25, -0.2) is 0 Å². The van der Waals surface area contributed by atoms with Crippen LogP contribution in [-0.2, 0) is 0 Å². The van der Waals surface area contributed by atoms with Crippen LogP contribution in [0.25, 0.3) is 0 Å². The Balaban J connectivity index is 1.24. The highest BCUT2D eigenvalue weighted by atomic mass is 15.2. The first-order valence-electron chi connectivity index (χ1n) is 10.2. The van der Waals surface area contributed by atoms with E-state index in [1.807, 2.05) is 0 Å². The van der Waals surface area contributed by atoms with Gasteiger partial charge in [0.05, 0.1) is 0 Å². The molecule has 0 aromatic rings. The molecule has 4 rings (SSSR count). The number of unbranched alkanes of at least 4 members (excludes halogenated alkanes) is 1. The van der Waals surface area contributed by atoms with Crippen molar-refractivity contribution in [3.05, 3.63) is 47.9 Å². The Morgan fingerprint density at radius 2 is 1.79 bits per heavy atom. The van der Waals surface area contributed by atoms with Crippen molar-refractivity contribution in [1.82, 2.24) is 9.80 Å². The first kappa shape index (κ1) is 16.2. The molecule has 2 heteroatoms. The standard InChI is InChI=1S/C22H32N2/c1-3-13-21-19(9-1)11-7-17-23(21)15-5-6-16-24-18-8-12-20-10-2-4-14-22(20)24/h1,3,7,11,13,17,20,22H,2,4-6,8-10,12,14-16,18H2. The molecule has 130 valence electrons. The van der Waals surface area contributed by atoms with Gasteiger partial charge in [-0.05, 0) is 81.7 Å². The van der Waals surface area contributed by atoms with E-state index >= 15 is 0 Å². The zero-order valence-corrected chi connectivity index (χ0v) is 15.0. The van der Waals surface area contributed by atoms with E-state index in [-0.39, 0.29) is 0 Å². The van der Waals surface area contributed by atoms with Gasteiger partial charge in [-0.1, -0.05) is 31.1 Å². The molecule has 2 fully saturated rings. The van der Waals surface area contributed by atoms with E-state index in [0.717, 1.165) is 24.9 Å². The van der Waals surface area contributed by atoms with Gasteiger partial charge in [0, 0.05) is 24.5 Å². The van der Waals surface area contributed by atoms with Crippen LogP contribution in [0.15, 0.2) is 47.9 Å². The number of rotatable bonds is 5. The summed E-state index contributed by atoms with van der Waals surface area (Å²) >= 11 is 0. The van der Waals surface area contributed by atoms with Crippen LogP contribution in [-0.4, -0.2) is 35.5 Å². The van der Waals surface area contributed by atoms with Crippen molar-refractivity contribution >= 4 is 0 Å². The van der Waals surface area contributed by atoms with Crippen LogP contribution in [0.5, 0.6) is 0 Å². The monoisotopic (exact) mass is 324 g/mol. The van der Waals surface area contributed by atoms with Crippen molar-refractivity contribution in [2.75, 3.05) is 19.6 Å². The molecule has 0 radical (unpaired) electrons. The molecule has 0 N–H and O–H groups in total. The lowest BCUT2D eigenvalue weighted by atomic mass is 9.78. The van der Waals surface area contributed by atoms with Gasteiger partial charge in [-0.15, -0.1) is 0 Å². The normalized spacial score (nSPS) is 29.8. The molecule has 0 bridgehead atoms. The fourth-order valence-electron chi connectivity index (χ4n) is 5.14. The van der Waals surface area contributed by atoms with Gasteiger partial charge in [-0.3, -0.25) is 0 Å². The Morgan fingerprint density at radius 1 is 0.917 bits per heavy atom. The highest BCUT2D eigenvalue weighted by Crippen LogP contribution is 2.35. The Kier molecular flexibility index (Phi) is 5.22. The Labute approximate surface area is 147 Å². The van der Waals surface area contributed by atoms with Crippen LogP contribution >= 0.6 is 0 Å². The molecule has 0 aromatic carbocycles.